The SMILES string of the molecule is CC(C)Nc1nccc(N(CCCC(=O)O)C(=O)c2ccc3c(c2)CCO3)n1. The Bertz CT molecular complexity index is 869. The molecule has 1 aromatic heterocycles. The molecule has 0 unspecified atom stereocenters. The molecule has 1 aliphatic heterocycles. The lowest BCUT2D eigenvalue weighted by atomic mass is 10.1. The van der Waals surface area contributed by atoms with Gasteiger partial charge in [0.15, 0.2) is 0 Å². The number of hydrogen-bond donors (Lipinski definition) is 2. The van der Waals surface area contributed by atoms with Gasteiger partial charge in [0.25, 0.3) is 5.91 Å². The maximum atomic E-state index is 13.2. The molecule has 0 saturated heterocycles. The monoisotopic (exact) mass is 384 g/mol. The summed E-state index contributed by atoms with van der Waals surface area (Å²) in [6.45, 7) is 4.80. The van der Waals surface area contributed by atoms with Crippen molar-refractivity contribution in [1.82, 2.24) is 9.97 Å². The molecule has 0 bridgehead atoms. The van der Waals surface area contributed by atoms with E-state index in [0.717, 1.165) is 17.7 Å². The van der Waals surface area contributed by atoms with Crippen LogP contribution in [0.1, 0.15) is 42.6 Å². The molecule has 1 amide bonds. The standard InChI is InChI=1S/C20H24N4O4/c1-13(2)22-20-21-9-7-17(23-20)24(10-3-4-18(25)26)19(27)15-5-6-16-14(12-15)8-11-28-16/h5-7,9,12-13H,3-4,8,10-11H2,1-2H3,(H,25,26)(H,21,22,23). The zero-order chi connectivity index (χ0) is 20.1. The van der Waals surface area contributed by atoms with E-state index in [2.05, 4.69) is 15.3 Å². The van der Waals surface area contributed by atoms with E-state index in [1.807, 2.05) is 19.9 Å². The Hall–Kier alpha value is -3.16. The molecule has 0 spiro atoms. The van der Waals surface area contributed by atoms with Crippen molar-refractivity contribution in [2.24, 2.45) is 0 Å². The molecular weight excluding hydrogens is 360 g/mol. The molecule has 3 rings (SSSR count). The van der Waals surface area contributed by atoms with Crippen molar-refractivity contribution in [3.63, 3.8) is 0 Å². The van der Waals surface area contributed by atoms with Crippen molar-refractivity contribution in [3.05, 3.63) is 41.6 Å². The van der Waals surface area contributed by atoms with Crippen LogP contribution < -0.4 is 15.0 Å². The summed E-state index contributed by atoms with van der Waals surface area (Å²) in [5.41, 5.74) is 1.53. The van der Waals surface area contributed by atoms with Gasteiger partial charge in [-0.3, -0.25) is 14.5 Å². The molecule has 0 atom stereocenters. The van der Waals surface area contributed by atoms with Crippen LogP contribution in [-0.2, 0) is 11.2 Å². The fourth-order valence-corrected chi connectivity index (χ4v) is 3.01. The molecule has 1 aromatic carbocycles. The highest BCUT2D eigenvalue weighted by molar-refractivity contribution is 6.05. The first kappa shape index (κ1) is 19.6. The normalized spacial score (nSPS) is 12.4. The average molecular weight is 384 g/mol. The van der Waals surface area contributed by atoms with Crippen LogP contribution in [0.2, 0.25) is 0 Å². The lowest BCUT2D eigenvalue weighted by Crippen LogP contribution is -2.33. The molecule has 8 nitrogen and oxygen atoms in total. The van der Waals surface area contributed by atoms with Gasteiger partial charge in [0, 0.05) is 37.2 Å². The maximum absolute atomic E-state index is 13.2. The van der Waals surface area contributed by atoms with Crippen LogP contribution in [0.5, 0.6) is 5.75 Å². The van der Waals surface area contributed by atoms with Crippen LogP contribution in [-0.4, -0.2) is 46.1 Å². The predicted molar refractivity (Wildman–Crippen MR) is 105 cm³/mol. The number of fused-ring (bicyclic) bond motifs is 1. The summed E-state index contributed by atoms with van der Waals surface area (Å²) in [5, 5.41) is 12.1. The Balaban J connectivity index is 1.87. The fourth-order valence-electron chi connectivity index (χ4n) is 3.01. The number of nitrogens with zero attached hydrogens (tertiary/aromatic N) is 3. The van der Waals surface area contributed by atoms with Gasteiger partial charge in [0.1, 0.15) is 11.6 Å². The van der Waals surface area contributed by atoms with Crippen LogP contribution in [0.3, 0.4) is 0 Å². The first-order chi connectivity index (χ1) is 13.4. The van der Waals surface area contributed by atoms with E-state index in [1.54, 1.807) is 24.4 Å². The smallest absolute Gasteiger partial charge is 0.303 e. The summed E-state index contributed by atoms with van der Waals surface area (Å²) in [4.78, 5) is 34.2. The minimum Gasteiger partial charge on any atom is -0.493 e. The van der Waals surface area contributed by atoms with Crippen molar-refractivity contribution >= 4 is 23.6 Å². The molecule has 0 aliphatic carbocycles. The van der Waals surface area contributed by atoms with Gasteiger partial charge < -0.3 is 15.2 Å². The third-order valence-electron chi connectivity index (χ3n) is 4.29. The summed E-state index contributed by atoms with van der Waals surface area (Å²) in [6.07, 6.45) is 2.66. The number of ether oxygens (including phenoxy) is 1. The van der Waals surface area contributed by atoms with Crippen molar-refractivity contribution in [2.75, 3.05) is 23.4 Å². The number of carbonyl (C=O) groups is 2. The molecule has 148 valence electrons. The Morgan fingerprint density at radius 2 is 2.14 bits per heavy atom. The minimum atomic E-state index is -0.896. The number of carboxylic acids is 1. The van der Waals surface area contributed by atoms with Gasteiger partial charge in [-0.2, -0.15) is 4.98 Å². The van der Waals surface area contributed by atoms with E-state index < -0.39 is 5.97 Å². The topological polar surface area (TPSA) is 105 Å². The molecule has 0 radical (unpaired) electrons. The second-order valence-corrected chi connectivity index (χ2v) is 6.91. The molecular formula is C20H24N4O4. The summed E-state index contributed by atoms with van der Waals surface area (Å²) in [7, 11) is 0. The lowest BCUT2D eigenvalue weighted by molar-refractivity contribution is -0.137. The number of anilines is 2. The van der Waals surface area contributed by atoms with E-state index in [-0.39, 0.29) is 24.9 Å². The van der Waals surface area contributed by atoms with Crippen LogP contribution in [0, 0.1) is 0 Å². The molecule has 2 N–H and O–H groups in total. The molecule has 2 heterocycles. The highest BCUT2D eigenvalue weighted by Gasteiger charge is 2.22. The van der Waals surface area contributed by atoms with Gasteiger partial charge in [0.05, 0.1) is 6.61 Å². The first-order valence-electron chi connectivity index (χ1n) is 9.33. The number of aromatic nitrogens is 2. The van der Waals surface area contributed by atoms with E-state index >= 15 is 0 Å². The second-order valence-electron chi connectivity index (χ2n) is 6.91. The first-order valence-corrected chi connectivity index (χ1v) is 9.33. The number of aliphatic carboxylic acids is 1. The van der Waals surface area contributed by atoms with Crippen LogP contribution in [0.15, 0.2) is 30.5 Å². The highest BCUT2D eigenvalue weighted by Crippen LogP contribution is 2.27. The molecule has 0 fully saturated rings. The third kappa shape index (κ3) is 4.76. The van der Waals surface area contributed by atoms with Crippen molar-refractivity contribution in [3.8, 4) is 5.75 Å². The molecule has 1 aliphatic rings. The quantitative estimate of drug-likeness (QED) is 0.721. The number of carbonyl (C=O) groups excluding carboxylic acids is 1. The number of nitrogens with one attached hydrogen (secondary N) is 1. The van der Waals surface area contributed by atoms with Gasteiger partial charge >= 0.3 is 5.97 Å². The summed E-state index contributed by atoms with van der Waals surface area (Å²) in [5.74, 6) is 0.539. The number of rotatable bonds is 8. The Labute approximate surface area is 163 Å². The molecule has 2 aromatic rings. The summed E-state index contributed by atoms with van der Waals surface area (Å²) in [6, 6.07) is 7.16. The zero-order valence-corrected chi connectivity index (χ0v) is 16.0. The largest absolute Gasteiger partial charge is 0.493 e. The van der Waals surface area contributed by atoms with Gasteiger partial charge in [-0.25, -0.2) is 4.98 Å². The number of carboxylic acid groups (broad SMARTS) is 1. The van der Waals surface area contributed by atoms with E-state index in [1.165, 1.54) is 4.90 Å². The van der Waals surface area contributed by atoms with Gasteiger partial charge in [0.2, 0.25) is 5.95 Å². The molecule has 8 heteroatoms. The van der Waals surface area contributed by atoms with Crippen molar-refractivity contribution in [2.45, 2.75) is 39.2 Å². The van der Waals surface area contributed by atoms with Crippen LogP contribution in [0.25, 0.3) is 0 Å². The molecule has 28 heavy (non-hydrogen) atoms. The molecule has 0 saturated carbocycles. The van der Waals surface area contributed by atoms with Gasteiger partial charge in [-0.05, 0) is 50.1 Å². The van der Waals surface area contributed by atoms with E-state index in [4.69, 9.17) is 9.84 Å². The van der Waals surface area contributed by atoms with E-state index in [9.17, 15) is 9.59 Å². The number of benzene rings is 1. The average Bonchev–Trinajstić information content (AvgIpc) is 3.12. The summed E-state index contributed by atoms with van der Waals surface area (Å²) >= 11 is 0. The minimum absolute atomic E-state index is 0.0238. The highest BCUT2D eigenvalue weighted by atomic mass is 16.5. The third-order valence-corrected chi connectivity index (χ3v) is 4.29. The Kier molecular flexibility index (Phi) is 6.08. The van der Waals surface area contributed by atoms with Gasteiger partial charge in [-0.15, -0.1) is 0 Å². The second kappa shape index (κ2) is 8.69. The zero-order valence-electron chi connectivity index (χ0n) is 16.0. The number of amides is 1. The Morgan fingerprint density at radius 3 is 2.89 bits per heavy atom. The maximum Gasteiger partial charge on any atom is 0.303 e. The van der Waals surface area contributed by atoms with Crippen molar-refractivity contribution in [1.29, 1.82) is 0 Å². The van der Waals surface area contributed by atoms with Crippen LogP contribution in [0.4, 0.5) is 11.8 Å². The summed E-state index contributed by atoms with van der Waals surface area (Å²) < 4.78 is 5.50. The van der Waals surface area contributed by atoms with Crippen LogP contribution >= 0.6 is 0 Å². The predicted octanol–water partition coefficient (Wildman–Crippen LogP) is 2.74. The fraction of sp³-hybridized carbons (Fsp3) is 0.400. The lowest BCUT2D eigenvalue weighted by Gasteiger charge is -2.22. The number of hydrogen-bond acceptors (Lipinski definition) is 6. The Morgan fingerprint density at radius 1 is 1.32 bits per heavy atom. The van der Waals surface area contributed by atoms with Gasteiger partial charge in [-0.1, -0.05) is 0 Å². The van der Waals surface area contributed by atoms with Crippen molar-refractivity contribution < 1.29 is 19.4 Å². The van der Waals surface area contributed by atoms with E-state index in [0.29, 0.717) is 30.4 Å².